The summed E-state index contributed by atoms with van der Waals surface area (Å²) in [5.74, 6) is 1.95. The van der Waals surface area contributed by atoms with Crippen LogP contribution in [0.4, 0.5) is 0 Å². The number of hydrogen-bond donors (Lipinski definition) is 0. The minimum absolute atomic E-state index is 0. The van der Waals surface area contributed by atoms with Crippen LogP contribution in [0.3, 0.4) is 0 Å². The quantitative estimate of drug-likeness (QED) is 0.413. The van der Waals surface area contributed by atoms with Crippen molar-refractivity contribution < 1.29 is 51.5 Å². The molecule has 0 N–H and O–H groups in total. The SMILES string of the molecule is C[C@@]12CC[C@H]3c4ccc(OS(=O)(=O)[O-])cc4CC[C@@H]3[C@H]1CCC2=O.[Na+]. The van der Waals surface area contributed by atoms with E-state index in [1.165, 1.54) is 5.56 Å². The van der Waals surface area contributed by atoms with Crippen molar-refractivity contribution in [2.24, 2.45) is 17.3 Å². The van der Waals surface area contributed by atoms with Gasteiger partial charge in [-0.3, -0.25) is 4.79 Å². The van der Waals surface area contributed by atoms with Crippen molar-refractivity contribution in [3.8, 4) is 5.75 Å². The Bertz CT molecular complexity index is 806. The molecule has 0 radical (unpaired) electrons. The van der Waals surface area contributed by atoms with Gasteiger partial charge in [0, 0.05) is 11.8 Å². The van der Waals surface area contributed by atoms with Crippen molar-refractivity contribution in [1.29, 1.82) is 0 Å². The van der Waals surface area contributed by atoms with Gasteiger partial charge in [-0.2, -0.15) is 0 Å². The molecule has 0 saturated heterocycles. The van der Waals surface area contributed by atoms with Crippen LogP contribution < -0.4 is 33.7 Å². The normalized spacial score (nSPS) is 33.7. The van der Waals surface area contributed by atoms with E-state index in [1.807, 2.05) is 6.07 Å². The second-order valence-corrected chi connectivity index (χ2v) is 8.67. The van der Waals surface area contributed by atoms with Crippen molar-refractivity contribution in [2.75, 3.05) is 0 Å². The van der Waals surface area contributed by atoms with Crippen LogP contribution in [0.2, 0.25) is 0 Å². The molecule has 0 spiro atoms. The van der Waals surface area contributed by atoms with E-state index in [0.29, 0.717) is 30.0 Å². The number of carbonyl (C=O) groups excluding carboxylic acids is 1. The minimum Gasteiger partial charge on any atom is -0.716 e. The summed E-state index contributed by atoms with van der Waals surface area (Å²) < 4.78 is 36.8. The van der Waals surface area contributed by atoms with Gasteiger partial charge >= 0.3 is 29.6 Å². The molecule has 0 bridgehead atoms. The summed E-state index contributed by atoms with van der Waals surface area (Å²) in [5, 5.41) is 0. The molecule has 2 fully saturated rings. The van der Waals surface area contributed by atoms with Gasteiger partial charge in [-0.1, -0.05) is 13.0 Å². The second kappa shape index (κ2) is 6.64. The molecule has 0 heterocycles. The van der Waals surface area contributed by atoms with Crippen LogP contribution in [0.25, 0.3) is 0 Å². The van der Waals surface area contributed by atoms with Crippen molar-refractivity contribution in [2.45, 2.75) is 51.4 Å². The summed E-state index contributed by atoms with van der Waals surface area (Å²) in [5.41, 5.74) is 2.17. The second-order valence-electron chi connectivity index (χ2n) is 7.69. The van der Waals surface area contributed by atoms with Crippen LogP contribution in [0, 0.1) is 17.3 Å². The number of benzene rings is 1. The first-order valence-electron chi connectivity index (χ1n) is 8.59. The summed E-state index contributed by atoms with van der Waals surface area (Å²) in [7, 11) is -4.74. The Morgan fingerprint density at radius 3 is 2.68 bits per heavy atom. The van der Waals surface area contributed by atoms with Crippen molar-refractivity contribution in [3.05, 3.63) is 29.3 Å². The maximum atomic E-state index is 12.3. The van der Waals surface area contributed by atoms with Gasteiger partial charge in [0.25, 0.3) is 10.4 Å². The molecular weight excluding hydrogens is 351 g/mol. The number of Topliss-reactive ketones (excluding diaryl/α,β-unsaturated/α-hetero) is 1. The third-order valence-corrected chi connectivity index (χ3v) is 7.00. The maximum Gasteiger partial charge on any atom is 1.00 e. The molecule has 0 aromatic heterocycles. The number of carbonyl (C=O) groups is 1. The fourth-order valence-corrected chi connectivity index (χ4v) is 5.84. The van der Waals surface area contributed by atoms with Crippen LogP contribution in [-0.2, 0) is 21.6 Å². The van der Waals surface area contributed by atoms with Crippen LogP contribution in [-0.4, -0.2) is 18.8 Å². The Labute approximate surface area is 170 Å². The molecule has 4 rings (SSSR count). The smallest absolute Gasteiger partial charge is 0.716 e. The van der Waals surface area contributed by atoms with Gasteiger partial charge in [0.15, 0.2) is 0 Å². The fourth-order valence-electron chi connectivity index (χ4n) is 5.50. The van der Waals surface area contributed by atoms with E-state index in [4.69, 9.17) is 0 Å². The van der Waals surface area contributed by atoms with E-state index in [2.05, 4.69) is 11.1 Å². The molecule has 1 aromatic carbocycles. The number of hydrogen-bond acceptors (Lipinski definition) is 5. The first-order chi connectivity index (χ1) is 11.3. The Hall–Kier alpha value is -0.400. The summed E-state index contributed by atoms with van der Waals surface area (Å²) in [6.45, 7) is 2.15. The van der Waals surface area contributed by atoms with Gasteiger partial charge in [0.2, 0.25) is 0 Å². The topological polar surface area (TPSA) is 83.5 Å². The van der Waals surface area contributed by atoms with Crippen LogP contribution in [0.5, 0.6) is 5.75 Å². The van der Waals surface area contributed by atoms with Crippen LogP contribution >= 0.6 is 0 Å². The zero-order valence-electron chi connectivity index (χ0n) is 14.7. The first-order valence-corrected chi connectivity index (χ1v) is 9.93. The maximum absolute atomic E-state index is 12.3. The van der Waals surface area contributed by atoms with E-state index in [-0.39, 0.29) is 40.7 Å². The zero-order valence-corrected chi connectivity index (χ0v) is 17.5. The molecule has 1 aromatic rings. The third-order valence-electron chi connectivity index (χ3n) is 6.61. The van der Waals surface area contributed by atoms with Crippen LogP contribution in [0.15, 0.2) is 18.2 Å². The monoisotopic (exact) mass is 372 g/mol. The summed E-state index contributed by atoms with van der Waals surface area (Å²) in [6, 6.07) is 5.17. The van der Waals surface area contributed by atoms with Crippen LogP contribution in [0.1, 0.15) is 56.1 Å². The average Bonchev–Trinajstić information content (AvgIpc) is 2.81. The number of ketones is 1. The largest absolute Gasteiger partial charge is 1.00 e. The summed E-state index contributed by atoms with van der Waals surface area (Å²) >= 11 is 0. The van der Waals surface area contributed by atoms with E-state index in [9.17, 15) is 17.8 Å². The molecule has 3 aliphatic rings. The van der Waals surface area contributed by atoms with Gasteiger partial charge in [-0.05, 0) is 73.1 Å². The molecule has 0 amide bonds. The molecule has 0 aliphatic heterocycles. The fraction of sp³-hybridized carbons (Fsp3) is 0.611. The third kappa shape index (κ3) is 3.32. The molecule has 5 nitrogen and oxygen atoms in total. The Morgan fingerprint density at radius 2 is 1.96 bits per heavy atom. The molecule has 2 saturated carbocycles. The summed E-state index contributed by atoms with van der Waals surface area (Å²) in [4.78, 5) is 12.3. The molecule has 0 unspecified atom stereocenters. The molecule has 7 heteroatoms. The van der Waals surface area contributed by atoms with Gasteiger partial charge in [0.05, 0.1) is 0 Å². The van der Waals surface area contributed by atoms with Gasteiger partial charge in [-0.15, -0.1) is 0 Å². The van der Waals surface area contributed by atoms with E-state index >= 15 is 0 Å². The van der Waals surface area contributed by atoms with E-state index in [0.717, 1.165) is 37.7 Å². The standard InChI is InChI=1S/C18H22O5S.Na/c1-18-9-8-14-13-5-3-12(23-24(20,21)22)10-11(13)2-4-15(14)16(18)6-7-17(18)19;/h3,5,10,14-16H,2,4,6-9H2,1H3,(H,20,21,22);/q;+1/p-1/t14-,15-,16+,18+;/m0./s1. The first kappa shape index (κ1) is 19.4. The Kier molecular flexibility index (Phi) is 5.14. The molecule has 4 atom stereocenters. The van der Waals surface area contributed by atoms with Crippen molar-refractivity contribution >= 4 is 16.2 Å². The zero-order chi connectivity index (χ0) is 17.1. The predicted octanol–water partition coefficient (Wildman–Crippen LogP) is -0.0452. The molecule has 25 heavy (non-hydrogen) atoms. The molecule has 3 aliphatic carbocycles. The summed E-state index contributed by atoms with van der Waals surface area (Å²) in [6.07, 6.45) is 5.50. The van der Waals surface area contributed by atoms with E-state index in [1.54, 1.807) is 12.1 Å². The molecular formula is C18H21NaO5S. The molecule has 130 valence electrons. The minimum atomic E-state index is -4.74. The number of aryl methyl sites for hydroxylation is 1. The number of fused-ring (bicyclic) bond motifs is 5. The predicted molar refractivity (Wildman–Crippen MR) is 86.4 cm³/mol. The van der Waals surface area contributed by atoms with Crippen molar-refractivity contribution in [3.63, 3.8) is 0 Å². The Balaban J connectivity index is 0.00000182. The van der Waals surface area contributed by atoms with Gasteiger partial charge in [0.1, 0.15) is 11.5 Å². The van der Waals surface area contributed by atoms with Gasteiger partial charge < -0.3 is 8.74 Å². The number of rotatable bonds is 2. The Morgan fingerprint density at radius 1 is 1.20 bits per heavy atom. The average molecular weight is 372 g/mol. The van der Waals surface area contributed by atoms with E-state index < -0.39 is 10.4 Å². The van der Waals surface area contributed by atoms with Gasteiger partial charge in [-0.25, -0.2) is 8.42 Å². The van der Waals surface area contributed by atoms with Crippen molar-refractivity contribution in [1.82, 2.24) is 0 Å².